The maximum atomic E-state index is 12.2. The highest BCUT2D eigenvalue weighted by molar-refractivity contribution is 5.95. The van der Waals surface area contributed by atoms with Crippen molar-refractivity contribution in [3.8, 4) is 11.8 Å². The number of nitriles is 1. The Morgan fingerprint density at radius 1 is 1.55 bits per heavy atom. The van der Waals surface area contributed by atoms with E-state index in [0.29, 0.717) is 38.2 Å². The largest absolute Gasteiger partial charge is 0.491 e. The average Bonchev–Trinajstić information content (AvgIpc) is 2.58. The number of benzene rings is 1. The molecule has 2 N–H and O–H groups in total. The fraction of sp³-hybridized carbons (Fsp3) is 0.467. The summed E-state index contributed by atoms with van der Waals surface area (Å²) in [6.07, 6.45) is 1.45. The molecule has 5 heteroatoms. The first-order chi connectivity index (χ1) is 9.63. The summed E-state index contributed by atoms with van der Waals surface area (Å²) >= 11 is 0. The van der Waals surface area contributed by atoms with Crippen LogP contribution in [-0.4, -0.2) is 19.1 Å². The van der Waals surface area contributed by atoms with Gasteiger partial charge in [-0.2, -0.15) is 5.26 Å². The quantitative estimate of drug-likeness (QED) is 0.852. The van der Waals surface area contributed by atoms with Gasteiger partial charge in [-0.3, -0.25) is 4.79 Å². The van der Waals surface area contributed by atoms with Crippen LogP contribution in [0.5, 0.6) is 5.75 Å². The van der Waals surface area contributed by atoms with Crippen molar-refractivity contribution in [1.82, 2.24) is 0 Å². The summed E-state index contributed by atoms with van der Waals surface area (Å²) in [6.45, 7) is 2.82. The van der Waals surface area contributed by atoms with Crippen molar-refractivity contribution in [2.75, 3.05) is 18.1 Å². The molecule has 0 saturated heterocycles. The van der Waals surface area contributed by atoms with E-state index >= 15 is 0 Å². The third-order valence-electron chi connectivity index (χ3n) is 3.34. The second kappa shape index (κ2) is 6.40. The highest BCUT2D eigenvalue weighted by Gasteiger charge is 2.23. The molecule has 0 spiro atoms. The number of ether oxygens (including phenoxy) is 1. The number of unbranched alkanes of at least 4 members (excludes halogenated alkanes) is 1. The molecule has 0 aromatic heterocycles. The summed E-state index contributed by atoms with van der Waals surface area (Å²) in [5, 5.41) is 8.63. The van der Waals surface area contributed by atoms with E-state index in [0.717, 1.165) is 11.3 Å². The van der Waals surface area contributed by atoms with Gasteiger partial charge in [0.15, 0.2) is 0 Å². The van der Waals surface area contributed by atoms with Gasteiger partial charge in [0.25, 0.3) is 0 Å². The topological polar surface area (TPSA) is 79.4 Å². The molecule has 0 fully saturated rings. The number of nitrogens with two attached hydrogens (primary N) is 1. The van der Waals surface area contributed by atoms with Crippen molar-refractivity contribution in [3.63, 3.8) is 0 Å². The smallest absolute Gasteiger partial charge is 0.230 e. The standard InChI is InChI=1S/C15H19N3O2/c1-11(17)12-4-5-14-13(10-12)18(8-3-2-7-16)15(19)6-9-20-14/h4-5,10-11H,2-3,6,8-9,17H2,1H3. The van der Waals surface area contributed by atoms with E-state index in [-0.39, 0.29) is 11.9 Å². The molecule has 1 aliphatic heterocycles. The fourth-order valence-electron chi connectivity index (χ4n) is 2.23. The minimum Gasteiger partial charge on any atom is -0.491 e. The Bertz CT molecular complexity index is 534. The Labute approximate surface area is 118 Å². The first-order valence-electron chi connectivity index (χ1n) is 6.83. The molecule has 1 aromatic rings. The summed E-state index contributed by atoms with van der Waals surface area (Å²) in [6, 6.07) is 7.71. The lowest BCUT2D eigenvalue weighted by Gasteiger charge is -2.22. The van der Waals surface area contributed by atoms with Gasteiger partial charge in [-0.15, -0.1) is 0 Å². The maximum Gasteiger partial charge on any atom is 0.230 e. The number of hydrogen-bond acceptors (Lipinski definition) is 4. The molecule has 20 heavy (non-hydrogen) atoms. The maximum absolute atomic E-state index is 12.2. The van der Waals surface area contributed by atoms with Crippen molar-refractivity contribution in [2.24, 2.45) is 5.73 Å². The van der Waals surface area contributed by atoms with Gasteiger partial charge in [0.05, 0.1) is 24.8 Å². The van der Waals surface area contributed by atoms with E-state index in [1.165, 1.54) is 0 Å². The number of fused-ring (bicyclic) bond motifs is 1. The van der Waals surface area contributed by atoms with Crippen LogP contribution in [-0.2, 0) is 4.79 Å². The van der Waals surface area contributed by atoms with E-state index in [4.69, 9.17) is 15.7 Å². The van der Waals surface area contributed by atoms with Gasteiger partial charge >= 0.3 is 0 Å². The monoisotopic (exact) mass is 273 g/mol. The molecule has 1 atom stereocenters. The lowest BCUT2D eigenvalue weighted by molar-refractivity contribution is -0.118. The minimum atomic E-state index is -0.0976. The van der Waals surface area contributed by atoms with Crippen molar-refractivity contribution >= 4 is 11.6 Å². The van der Waals surface area contributed by atoms with E-state index in [1.54, 1.807) is 4.90 Å². The van der Waals surface area contributed by atoms with E-state index in [9.17, 15) is 4.79 Å². The molecular formula is C15H19N3O2. The third kappa shape index (κ3) is 3.09. The SMILES string of the molecule is CC(N)c1ccc2c(c1)N(CCCC#N)C(=O)CCO2. The van der Waals surface area contributed by atoms with Crippen molar-refractivity contribution in [2.45, 2.75) is 32.2 Å². The minimum absolute atomic E-state index is 0.0310. The molecule has 0 saturated carbocycles. The summed E-state index contributed by atoms with van der Waals surface area (Å²) in [5.74, 6) is 0.737. The molecule has 1 heterocycles. The molecule has 1 unspecified atom stereocenters. The van der Waals surface area contributed by atoms with Crippen molar-refractivity contribution < 1.29 is 9.53 Å². The Morgan fingerprint density at radius 2 is 2.35 bits per heavy atom. The zero-order valence-electron chi connectivity index (χ0n) is 11.6. The number of carbonyl (C=O) groups excluding carboxylic acids is 1. The van der Waals surface area contributed by atoms with Crippen LogP contribution in [0.15, 0.2) is 18.2 Å². The van der Waals surface area contributed by atoms with Crippen LogP contribution in [0.3, 0.4) is 0 Å². The fourth-order valence-corrected chi connectivity index (χ4v) is 2.23. The molecule has 0 bridgehead atoms. The number of nitrogens with zero attached hydrogens (tertiary/aromatic N) is 2. The molecule has 1 amide bonds. The van der Waals surface area contributed by atoms with Crippen LogP contribution in [0, 0.1) is 11.3 Å². The first kappa shape index (κ1) is 14.4. The van der Waals surface area contributed by atoms with Crippen LogP contribution in [0.1, 0.15) is 37.8 Å². The number of carbonyl (C=O) groups is 1. The Balaban J connectivity index is 2.33. The Kier molecular flexibility index (Phi) is 4.59. The van der Waals surface area contributed by atoms with Gasteiger partial charge in [-0.1, -0.05) is 6.07 Å². The van der Waals surface area contributed by atoms with Gasteiger partial charge in [0.2, 0.25) is 5.91 Å². The molecule has 106 valence electrons. The molecular weight excluding hydrogens is 254 g/mol. The van der Waals surface area contributed by atoms with Gasteiger partial charge < -0.3 is 15.4 Å². The average molecular weight is 273 g/mol. The first-order valence-corrected chi connectivity index (χ1v) is 6.83. The second-order valence-electron chi connectivity index (χ2n) is 4.92. The normalized spacial score (nSPS) is 15.8. The number of amides is 1. The molecule has 0 radical (unpaired) electrons. The van der Waals surface area contributed by atoms with Crippen LogP contribution < -0.4 is 15.4 Å². The number of hydrogen-bond donors (Lipinski definition) is 1. The summed E-state index contributed by atoms with van der Waals surface area (Å²) in [5.41, 5.74) is 7.63. The van der Waals surface area contributed by atoms with E-state index in [1.807, 2.05) is 25.1 Å². The van der Waals surface area contributed by atoms with E-state index < -0.39 is 0 Å². The Morgan fingerprint density at radius 3 is 3.05 bits per heavy atom. The number of anilines is 1. The van der Waals surface area contributed by atoms with Crippen LogP contribution >= 0.6 is 0 Å². The van der Waals surface area contributed by atoms with Crippen LogP contribution in [0.25, 0.3) is 0 Å². The summed E-state index contributed by atoms with van der Waals surface area (Å²) in [7, 11) is 0. The highest BCUT2D eigenvalue weighted by Crippen LogP contribution is 2.33. The molecule has 2 rings (SSSR count). The van der Waals surface area contributed by atoms with Gasteiger partial charge in [-0.25, -0.2) is 0 Å². The lowest BCUT2D eigenvalue weighted by Crippen LogP contribution is -2.31. The third-order valence-corrected chi connectivity index (χ3v) is 3.34. The van der Waals surface area contributed by atoms with Crippen LogP contribution in [0.2, 0.25) is 0 Å². The molecule has 0 aliphatic carbocycles. The zero-order valence-corrected chi connectivity index (χ0v) is 11.6. The zero-order chi connectivity index (χ0) is 14.5. The highest BCUT2D eigenvalue weighted by atomic mass is 16.5. The van der Waals surface area contributed by atoms with Crippen LogP contribution in [0.4, 0.5) is 5.69 Å². The molecule has 1 aromatic carbocycles. The number of rotatable bonds is 4. The molecule has 5 nitrogen and oxygen atoms in total. The van der Waals surface area contributed by atoms with Gasteiger partial charge in [0.1, 0.15) is 5.75 Å². The Hall–Kier alpha value is -2.06. The lowest BCUT2D eigenvalue weighted by atomic mass is 10.1. The summed E-state index contributed by atoms with van der Waals surface area (Å²) < 4.78 is 5.62. The predicted molar refractivity (Wildman–Crippen MR) is 76.4 cm³/mol. The van der Waals surface area contributed by atoms with E-state index in [2.05, 4.69) is 6.07 Å². The van der Waals surface area contributed by atoms with Gasteiger partial charge in [-0.05, 0) is 31.0 Å². The second-order valence-corrected chi connectivity index (χ2v) is 4.92. The summed E-state index contributed by atoms with van der Waals surface area (Å²) in [4.78, 5) is 13.9. The van der Waals surface area contributed by atoms with Crippen molar-refractivity contribution in [1.29, 1.82) is 5.26 Å². The predicted octanol–water partition coefficient (Wildman–Crippen LogP) is 2.13. The van der Waals surface area contributed by atoms with Gasteiger partial charge in [0, 0.05) is 19.0 Å². The molecule has 1 aliphatic rings. The van der Waals surface area contributed by atoms with Crippen molar-refractivity contribution in [3.05, 3.63) is 23.8 Å².